The number of methoxy groups -OCH3 is 1. The second-order valence-corrected chi connectivity index (χ2v) is 8.45. The standard InChI is InChI=1S/C24H22Cl2N2O3/c1-28-12-11-18(22(31-2)24(28)30)23(29)27-21-10-8-15(16-5-3-4-6-17(16)21)14-7-9-19(25)20(26)13-14/h3-7,9,11-13,15,21H,8,10H2,1-2H3,(H,27,29). The largest absolute Gasteiger partial charge is 0.491 e. The third kappa shape index (κ3) is 4.08. The van der Waals surface area contributed by atoms with Crippen molar-refractivity contribution >= 4 is 29.1 Å². The average Bonchev–Trinajstić information content (AvgIpc) is 2.77. The summed E-state index contributed by atoms with van der Waals surface area (Å²) < 4.78 is 6.60. The van der Waals surface area contributed by atoms with E-state index in [0.717, 1.165) is 29.5 Å². The van der Waals surface area contributed by atoms with Gasteiger partial charge in [0, 0.05) is 19.2 Å². The maximum atomic E-state index is 13.0. The monoisotopic (exact) mass is 456 g/mol. The molecule has 0 saturated heterocycles. The fourth-order valence-electron chi connectivity index (χ4n) is 4.23. The van der Waals surface area contributed by atoms with Crippen LogP contribution in [-0.4, -0.2) is 17.6 Å². The van der Waals surface area contributed by atoms with E-state index in [1.807, 2.05) is 36.4 Å². The van der Waals surface area contributed by atoms with Crippen molar-refractivity contribution in [3.63, 3.8) is 0 Å². The van der Waals surface area contributed by atoms with Gasteiger partial charge in [-0.25, -0.2) is 0 Å². The van der Waals surface area contributed by atoms with Crippen molar-refractivity contribution in [3.05, 3.63) is 97.4 Å². The summed E-state index contributed by atoms with van der Waals surface area (Å²) in [5.41, 5.74) is 3.18. The number of nitrogens with one attached hydrogen (secondary N) is 1. The molecule has 1 aliphatic rings. The summed E-state index contributed by atoms with van der Waals surface area (Å²) in [7, 11) is 3.01. The van der Waals surface area contributed by atoms with Gasteiger partial charge in [-0.05, 0) is 47.7 Å². The number of ether oxygens (including phenoxy) is 1. The average molecular weight is 457 g/mol. The number of carbonyl (C=O) groups is 1. The number of amides is 1. The first-order valence-electron chi connectivity index (χ1n) is 9.99. The fraction of sp³-hybridized carbons (Fsp3) is 0.250. The maximum absolute atomic E-state index is 13.0. The molecule has 1 N–H and O–H groups in total. The van der Waals surface area contributed by atoms with Crippen LogP contribution in [0.15, 0.2) is 59.5 Å². The first-order valence-corrected chi connectivity index (χ1v) is 10.7. The van der Waals surface area contributed by atoms with Gasteiger partial charge in [-0.2, -0.15) is 0 Å². The number of hydrogen-bond acceptors (Lipinski definition) is 3. The van der Waals surface area contributed by atoms with E-state index in [-0.39, 0.29) is 34.7 Å². The van der Waals surface area contributed by atoms with Gasteiger partial charge in [0.2, 0.25) is 0 Å². The van der Waals surface area contributed by atoms with Gasteiger partial charge in [0.1, 0.15) is 0 Å². The number of fused-ring (bicyclic) bond motifs is 1. The highest BCUT2D eigenvalue weighted by Gasteiger charge is 2.30. The highest BCUT2D eigenvalue weighted by atomic mass is 35.5. The quantitative estimate of drug-likeness (QED) is 0.593. The molecule has 3 aromatic rings. The van der Waals surface area contributed by atoms with Crippen LogP contribution in [0.2, 0.25) is 10.0 Å². The Labute approximate surface area is 190 Å². The third-order valence-corrected chi connectivity index (χ3v) is 6.55. The van der Waals surface area contributed by atoms with E-state index in [1.165, 1.54) is 11.7 Å². The number of hydrogen-bond donors (Lipinski definition) is 1. The number of rotatable bonds is 4. The van der Waals surface area contributed by atoms with E-state index < -0.39 is 0 Å². The van der Waals surface area contributed by atoms with Crippen LogP contribution in [0.3, 0.4) is 0 Å². The summed E-state index contributed by atoms with van der Waals surface area (Å²) in [5, 5.41) is 4.15. The van der Waals surface area contributed by atoms with Crippen LogP contribution < -0.4 is 15.6 Å². The molecule has 0 radical (unpaired) electrons. The number of benzene rings is 2. The van der Waals surface area contributed by atoms with Crippen LogP contribution in [0.4, 0.5) is 0 Å². The van der Waals surface area contributed by atoms with E-state index in [9.17, 15) is 9.59 Å². The molecule has 0 fully saturated rings. The molecule has 0 bridgehead atoms. The van der Waals surface area contributed by atoms with Gasteiger partial charge in [-0.1, -0.05) is 53.5 Å². The number of halogens is 2. The molecular formula is C24H22Cl2N2O3. The maximum Gasteiger partial charge on any atom is 0.293 e. The molecule has 2 aromatic carbocycles. The molecule has 160 valence electrons. The Morgan fingerprint density at radius 2 is 1.81 bits per heavy atom. The summed E-state index contributed by atoms with van der Waals surface area (Å²) >= 11 is 12.3. The van der Waals surface area contributed by atoms with Crippen LogP contribution in [0.1, 0.15) is 51.8 Å². The van der Waals surface area contributed by atoms with Gasteiger partial charge in [-0.15, -0.1) is 0 Å². The van der Waals surface area contributed by atoms with Crippen molar-refractivity contribution in [2.75, 3.05) is 7.11 Å². The Hall–Kier alpha value is -2.76. The molecule has 31 heavy (non-hydrogen) atoms. The van der Waals surface area contributed by atoms with Crippen LogP contribution in [-0.2, 0) is 7.05 Å². The van der Waals surface area contributed by atoms with Crippen LogP contribution >= 0.6 is 23.2 Å². The van der Waals surface area contributed by atoms with Crippen molar-refractivity contribution in [2.45, 2.75) is 24.8 Å². The van der Waals surface area contributed by atoms with Gasteiger partial charge in [0.05, 0.1) is 28.8 Å². The van der Waals surface area contributed by atoms with E-state index in [0.29, 0.717) is 10.0 Å². The number of aryl methyl sites for hydroxylation is 1. The molecule has 7 heteroatoms. The Morgan fingerprint density at radius 3 is 2.52 bits per heavy atom. The predicted octanol–water partition coefficient (Wildman–Crippen LogP) is 5.10. The van der Waals surface area contributed by atoms with Gasteiger partial charge in [0.15, 0.2) is 5.75 Å². The lowest BCUT2D eigenvalue weighted by atomic mass is 9.76. The zero-order valence-corrected chi connectivity index (χ0v) is 18.7. The minimum Gasteiger partial charge on any atom is -0.491 e. The molecule has 1 aromatic heterocycles. The van der Waals surface area contributed by atoms with Gasteiger partial charge >= 0.3 is 0 Å². The predicted molar refractivity (Wildman–Crippen MR) is 122 cm³/mol. The zero-order valence-electron chi connectivity index (χ0n) is 17.2. The summed E-state index contributed by atoms with van der Waals surface area (Å²) in [6, 6.07) is 15.2. The molecule has 1 amide bonds. The van der Waals surface area contributed by atoms with E-state index in [2.05, 4.69) is 11.4 Å². The number of carbonyl (C=O) groups excluding carboxylic acids is 1. The first kappa shape index (κ1) is 21.5. The fourth-order valence-corrected chi connectivity index (χ4v) is 4.54. The van der Waals surface area contributed by atoms with E-state index in [4.69, 9.17) is 27.9 Å². The van der Waals surface area contributed by atoms with Crippen LogP contribution in [0.5, 0.6) is 5.75 Å². The van der Waals surface area contributed by atoms with Gasteiger partial charge in [0.25, 0.3) is 11.5 Å². The molecule has 5 nitrogen and oxygen atoms in total. The lowest BCUT2D eigenvalue weighted by molar-refractivity contribution is 0.0928. The minimum absolute atomic E-state index is 0.0419. The molecule has 0 spiro atoms. The van der Waals surface area contributed by atoms with Crippen LogP contribution in [0.25, 0.3) is 0 Å². The molecule has 1 heterocycles. The summed E-state index contributed by atoms with van der Waals surface area (Å²) in [6.45, 7) is 0. The zero-order chi connectivity index (χ0) is 22.1. The van der Waals surface area contributed by atoms with Crippen molar-refractivity contribution in [1.29, 1.82) is 0 Å². The summed E-state index contributed by atoms with van der Waals surface area (Å²) in [5.74, 6) is -0.125. The van der Waals surface area contributed by atoms with E-state index >= 15 is 0 Å². The molecule has 0 saturated carbocycles. The molecule has 0 aliphatic heterocycles. The molecular weight excluding hydrogens is 435 g/mol. The molecule has 2 unspecified atom stereocenters. The Morgan fingerprint density at radius 1 is 1.06 bits per heavy atom. The van der Waals surface area contributed by atoms with Crippen LogP contribution in [0, 0.1) is 0 Å². The topological polar surface area (TPSA) is 60.3 Å². The number of nitrogens with zero attached hydrogens (tertiary/aromatic N) is 1. The second kappa shape index (κ2) is 8.77. The normalized spacial score (nSPS) is 17.7. The van der Waals surface area contributed by atoms with Gasteiger partial charge < -0.3 is 14.6 Å². The molecule has 2 atom stereocenters. The molecule has 4 rings (SSSR count). The Kier molecular flexibility index (Phi) is 6.08. The Bertz CT molecular complexity index is 1210. The van der Waals surface area contributed by atoms with Gasteiger partial charge in [-0.3, -0.25) is 9.59 Å². The smallest absolute Gasteiger partial charge is 0.293 e. The van der Waals surface area contributed by atoms with Crippen molar-refractivity contribution < 1.29 is 9.53 Å². The van der Waals surface area contributed by atoms with E-state index in [1.54, 1.807) is 19.3 Å². The summed E-state index contributed by atoms with van der Waals surface area (Å²) in [4.78, 5) is 25.3. The molecule has 1 aliphatic carbocycles. The summed E-state index contributed by atoms with van der Waals surface area (Å²) in [6.07, 6.45) is 3.16. The lowest BCUT2D eigenvalue weighted by Gasteiger charge is -2.32. The SMILES string of the molecule is COc1c(C(=O)NC2CCC(c3ccc(Cl)c(Cl)c3)c3ccccc32)ccn(C)c1=O. The Balaban J connectivity index is 1.65. The minimum atomic E-state index is -0.348. The second-order valence-electron chi connectivity index (χ2n) is 7.64. The van der Waals surface area contributed by atoms with Crippen molar-refractivity contribution in [3.8, 4) is 5.75 Å². The number of pyridine rings is 1. The third-order valence-electron chi connectivity index (χ3n) is 5.81. The first-order chi connectivity index (χ1) is 14.9. The highest BCUT2D eigenvalue weighted by Crippen LogP contribution is 2.42. The highest BCUT2D eigenvalue weighted by molar-refractivity contribution is 6.42. The van der Waals surface area contributed by atoms with Crippen molar-refractivity contribution in [1.82, 2.24) is 9.88 Å². The lowest BCUT2D eigenvalue weighted by Crippen LogP contribution is -2.33. The van der Waals surface area contributed by atoms with Crippen molar-refractivity contribution in [2.24, 2.45) is 7.05 Å². The number of aromatic nitrogens is 1.